The van der Waals surface area contributed by atoms with Crippen LogP contribution in [0.25, 0.3) is 10.9 Å². The van der Waals surface area contributed by atoms with Crippen molar-refractivity contribution in [2.24, 2.45) is 13.0 Å². The van der Waals surface area contributed by atoms with Crippen molar-refractivity contribution in [1.82, 2.24) is 19.4 Å². The van der Waals surface area contributed by atoms with Crippen molar-refractivity contribution in [2.75, 3.05) is 26.3 Å². The average molecular weight is 350 g/mol. The maximum absolute atomic E-state index is 12.7. The van der Waals surface area contributed by atoms with Crippen molar-refractivity contribution in [1.29, 1.82) is 0 Å². The first-order chi connectivity index (χ1) is 12.7. The molecule has 1 amide bonds. The Kier molecular flexibility index (Phi) is 4.67. The van der Waals surface area contributed by atoms with Gasteiger partial charge in [0.1, 0.15) is 5.69 Å². The SMILES string of the molecule is Cn1cnc(C(=O)N2CCOCC(Cc3ccc4ncccc4c3)C2)c1. The van der Waals surface area contributed by atoms with E-state index in [4.69, 9.17) is 4.74 Å². The number of aromatic nitrogens is 3. The van der Waals surface area contributed by atoms with Gasteiger partial charge in [0, 0.05) is 43.8 Å². The minimum atomic E-state index is -0.0242. The van der Waals surface area contributed by atoms with E-state index >= 15 is 0 Å². The zero-order valence-electron chi connectivity index (χ0n) is 14.8. The van der Waals surface area contributed by atoms with Gasteiger partial charge in [-0.05, 0) is 30.2 Å². The summed E-state index contributed by atoms with van der Waals surface area (Å²) in [4.78, 5) is 23.1. The van der Waals surface area contributed by atoms with Crippen molar-refractivity contribution in [2.45, 2.75) is 6.42 Å². The Labute approximate surface area is 152 Å². The number of carbonyl (C=O) groups excluding carboxylic acids is 1. The highest BCUT2D eigenvalue weighted by atomic mass is 16.5. The zero-order chi connectivity index (χ0) is 17.9. The third kappa shape index (κ3) is 3.60. The second-order valence-electron chi connectivity index (χ2n) is 6.85. The molecule has 6 heteroatoms. The van der Waals surface area contributed by atoms with Gasteiger partial charge < -0.3 is 14.2 Å². The minimum absolute atomic E-state index is 0.0242. The molecule has 1 aliphatic rings. The van der Waals surface area contributed by atoms with Gasteiger partial charge in [-0.15, -0.1) is 0 Å². The van der Waals surface area contributed by atoms with Crippen LogP contribution in [-0.4, -0.2) is 51.6 Å². The first kappa shape index (κ1) is 16.7. The highest BCUT2D eigenvalue weighted by Crippen LogP contribution is 2.19. The van der Waals surface area contributed by atoms with E-state index in [1.807, 2.05) is 24.2 Å². The van der Waals surface area contributed by atoms with Gasteiger partial charge in [-0.1, -0.05) is 12.1 Å². The van der Waals surface area contributed by atoms with Crippen molar-refractivity contribution in [3.05, 3.63) is 60.3 Å². The quantitative estimate of drug-likeness (QED) is 0.727. The Bertz CT molecular complexity index is 921. The number of rotatable bonds is 3. The van der Waals surface area contributed by atoms with Crippen molar-refractivity contribution >= 4 is 16.8 Å². The van der Waals surface area contributed by atoms with Gasteiger partial charge in [0.2, 0.25) is 0 Å². The van der Waals surface area contributed by atoms with Crippen molar-refractivity contribution in [3.63, 3.8) is 0 Å². The van der Waals surface area contributed by atoms with Crippen LogP contribution in [0.3, 0.4) is 0 Å². The van der Waals surface area contributed by atoms with E-state index in [2.05, 4.69) is 34.2 Å². The molecule has 0 saturated carbocycles. The summed E-state index contributed by atoms with van der Waals surface area (Å²) in [6.45, 7) is 2.52. The highest BCUT2D eigenvalue weighted by molar-refractivity contribution is 5.92. The first-order valence-electron chi connectivity index (χ1n) is 8.88. The molecule has 6 nitrogen and oxygen atoms in total. The molecule has 1 saturated heterocycles. The van der Waals surface area contributed by atoms with Crippen LogP contribution in [0.2, 0.25) is 0 Å². The molecule has 0 spiro atoms. The van der Waals surface area contributed by atoms with Crippen LogP contribution < -0.4 is 0 Å². The van der Waals surface area contributed by atoms with Crippen molar-refractivity contribution < 1.29 is 9.53 Å². The number of pyridine rings is 1. The number of fused-ring (bicyclic) bond motifs is 1. The Balaban J connectivity index is 1.49. The lowest BCUT2D eigenvalue weighted by Crippen LogP contribution is -2.36. The molecular formula is C20H22N4O2. The van der Waals surface area contributed by atoms with Crippen LogP contribution in [0.1, 0.15) is 16.1 Å². The van der Waals surface area contributed by atoms with Gasteiger partial charge in [-0.3, -0.25) is 9.78 Å². The van der Waals surface area contributed by atoms with Crippen LogP contribution in [0.5, 0.6) is 0 Å². The van der Waals surface area contributed by atoms with E-state index in [1.165, 1.54) is 5.56 Å². The molecule has 1 unspecified atom stereocenters. The molecule has 0 radical (unpaired) electrons. The predicted molar refractivity (Wildman–Crippen MR) is 98.9 cm³/mol. The summed E-state index contributed by atoms with van der Waals surface area (Å²) in [6, 6.07) is 10.4. The smallest absolute Gasteiger partial charge is 0.274 e. The van der Waals surface area contributed by atoms with Gasteiger partial charge in [-0.25, -0.2) is 4.98 Å². The zero-order valence-corrected chi connectivity index (χ0v) is 14.8. The summed E-state index contributed by atoms with van der Waals surface area (Å²) in [5, 5.41) is 1.14. The fraction of sp³-hybridized carbons (Fsp3) is 0.350. The highest BCUT2D eigenvalue weighted by Gasteiger charge is 2.24. The second kappa shape index (κ2) is 7.25. The van der Waals surface area contributed by atoms with Gasteiger partial charge in [-0.2, -0.15) is 0 Å². The second-order valence-corrected chi connectivity index (χ2v) is 6.85. The molecule has 0 aliphatic carbocycles. The number of hydrogen-bond acceptors (Lipinski definition) is 4. The average Bonchev–Trinajstić information content (AvgIpc) is 2.96. The monoisotopic (exact) mass is 350 g/mol. The van der Waals surface area contributed by atoms with E-state index in [-0.39, 0.29) is 11.8 Å². The third-order valence-electron chi connectivity index (χ3n) is 4.74. The van der Waals surface area contributed by atoms with Crippen LogP contribution in [0.4, 0.5) is 0 Å². The minimum Gasteiger partial charge on any atom is -0.379 e. The summed E-state index contributed by atoms with van der Waals surface area (Å²) in [5.41, 5.74) is 2.73. The summed E-state index contributed by atoms with van der Waals surface area (Å²) in [6.07, 6.45) is 6.10. The fourth-order valence-electron chi connectivity index (χ4n) is 3.46. The van der Waals surface area contributed by atoms with Gasteiger partial charge in [0.15, 0.2) is 0 Å². The molecule has 1 fully saturated rings. The van der Waals surface area contributed by atoms with E-state index in [1.54, 1.807) is 17.1 Å². The molecule has 3 heterocycles. The number of carbonyl (C=O) groups is 1. The van der Waals surface area contributed by atoms with E-state index in [9.17, 15) is 4.79 Å². The first-order valence-corrected chi connectivity index (χ1v) is 8.88. The lowest BCUT2D eigenvalue weighted by Gasteiger charge is -2.23. The van der Waals surface area contributed by atoms with Gasteiger partial charge in [0.25, 0.3) is 5.91 Å². The lowest BCUT2D eigenvalue weighted by molar-refractivity contribution is 0.0732. The van der Waals surface area contributed by atoms with E-state index in [0.717, 1.165) is 17.3 Å². The summed E-state index contributed by atoms with van der Waals surface area (Å²) in [5.74, 6) is 0.239. The molecule has 4 rings (SSSR count). The number of hydrogen-bond donors (Lipinski definition) is 0. The van der Waals surface area contributed by atoms with Gasteiger partial charge >= 0.3 is 0 Å². The third-order valence-corrected chi connectivity index (χ3v) is 4.74. The van der Waals surface area contributed by atoms with Crippen LogP contribution in [0, 0.1) is 5.92 Å². The summed E-state index contributed by atoms with van der Waals surface area (Å²) in [7, 11) is 1.87. The molecule has 0 bridgehead atoms. The molecule has 3 aromatic rings. The summed E-state index contributed by atoms with van der Waals surface area (Å²) < 4.78 is 7.55. The maximum atomic E-state index is 12.7. The number of aryl methyl sites for hydroxylation is 1. The maximum Gasteiger partial charge on any atom is 0.274 e. The summed E-state index contributed by atoms with van der Waals surface area (Å²) >= 11 is 0. The van der Waals surface area contributed by atoms with E-state index in [0.29, 0.717) is 32.0 Å². The molecule has 134 valence electrons. The van der Waals surface area contributed by atoms with Crippen LogP contribution in [0.15, 0.2) is 49.1 Å². The molecular weight excluding hydrogens is 328 g/mol. The molecule has 2 aromatic heterocycles. The molecule has 1 aliphatic heterocycles. The fourth-order valence-corrected chi connectivity index (χ4v) is 3.46. The molecule has 0 N–H and O–H groups in total. The Morgan fingerprint density at radius 1 is 1.31 bits per heavy atom. The van der Waals surface area contributed by atoms with Crippen LogP contribution >= 0.6 is 0 Å². The molecule has 26 heavy (non-hydrogen) atoms. The number of ether oxygens (including phenoxy) is 1. The van der Waals surface area contributed by atoms with E-state index < -0.39 is 0 Å². The number of imidazole rings is 1. The van der Waals surface area contributed by atoms with Gasteiger partial charge in [0.05, 0.1) is 25.1 Å². The normalized spacial score (nSPS) is 18.0. The standard InChI is InChI=1S/C20H22N4O2/c1-23-12-19(22-14-23)20(25)24-7-8-26-13-16(11-24)9-15-4-5-18-17(10-15)3-2-6-21-18/h2-6,10,12,14,16H,7-9,11,13H2,1H3. The Hall–Kier alpha value is -2.73. The topological polar surface area (TPSA) is 60.2 Å². The Morgan fingerprint density at radius 2 is 2.23 bits per heavy atom. The largest absolute Gasteiger partial charge is 0.379 e. The molecule has 1 atom stereocenters. The number of amides is 1. The van der Waals surface area contributed by atoms with Crippen molar-refractivity contribution in [3.8, 4) is 0 Å². The van der Waals surface area contributed by atoms with Crippen LogP contribution in [-0.2, 0) is 18.2 Å². The predicted octanol–water partition coefficient (Wildman–Crippen LogP) is 2.30. The number of benzene rings is 1. The lowest BCUT2D eigenvalue weighted by atomic mass is 9.98. The Morgan fingerprint density at radius 3 is 3.08 bits per heavy atom. The molecule has 1 aromatic carbocycles. The number of nitrogens with zero attached hydrogens (tertiary/aromatic N) is 4.